The molecule has 100 valence electrons. The molecule has 1 rings (SSSR count). The van der Waals surface area contributed by atoms with E-state index in [2.05, 4.69) is 13.8 Å². The van der Waals surface area contributed by atoms with Crippen LogP contribution in [0.2, 0.25) is 0 Å². The average molecular weight is 262 g/mol. The van der Waals surface area contributed by atoms with Crippen molar-refractivity contribution in [2.24, 2.45) is 17.0 Å². The summed E-state index contributed by atoms with van der Waals surface area (Å²) in [6.45, 7) is 5.49. The second-order valence-electron chi connectivity index (χ2n) is 4.88. The lowest BCUT2D eigenvalue weighted by molar-refractivity contribution is -0.128. The number of rotatable bonds is 6. The molecule has 1 fully saturated rings. The van der Waals surface area contributed by atoms with E-state index in [1.54, 1.807) is 4.90 Å². The number of likely N-dealkylation sites (tertiary alicyclic amines) is 1. The number of nitrogens with zero attached hydrogens (tertiary/aromatic N) is 1. The van der Waals surface area contributed by atoms with Gasteiger partial charge >= 0.3 is 0 Å². The predicted molar refractivity (Wildman–Crippen MR) is 66.7 cm³/mol. The second-order valence-corrected chi connectivity index (χ2v) is 6.54. The summed E-state index contributed by atoms with van der Waals surface area (Å²) in [5.74, 6) is 0.350. The van der Waals surface area contributed by atoms with Crippen LogP contribution < -0.4 is 5.14 Å². The third kappa shape index (κ3) is 4.63. The summed E-state index contributed by atoms with van der Waals surface area (Å²) in [7, 11) is -3.47. The Bertz CT molecular complexity index is 363. The summed E-state index contributed by atoms with van der Waals surface area (Å²) >= 11 is 0. The molecule has 0 aromatic rings. The van der Waals surface area contributed by atoms with Gasteiger partial charge in [0.1, 0.15) is 0 Å². The van der Waals surface area contributed by atoms with Gasteiger partial charge in [-0.25, -0.2) is 13.6 Å². The van der Waals surface area contributed by atoms with Crippen LogP contribution in [-0.2, 0) is 14.8 Å². The molecule has 1 saturated heterocycles. The van der Waals surface area contributed by atoms with Crippen LogP contribution in [0, 0.1) is 11.8 Å². The molecular formula is C11H22N2O3S. The van der Waals surface area contributed by atoms with Crippen LogP contribution in [0.1, 0.15) is 33.1 Å². The molecule has 1 amide bonds. The van der Waals surface area contributed by atoms with Crippen molar-refractivity contribution in [3.63, 3.8) is 0 Å². The largest absolute Gasteiger partial charge is 0.342 e. The van der Waals surface area contributed by atoms with E-state index in [1.165, 1.54) is 0 Å². The van der Waals surface area contributed by atoms with Crippen LogP contribution in [0.3, 0.4) is 0 Å². The fourth-order valence-electron chi connectivity index (χ4n) is 2.33. The van der Waals surface area contributed by atoms with E-state index in [-0.39, 0.29) is 17.6 Å². The van der Waals surface area contributed by atoms with E-state index in [0.717, 1.165) is 19.4 Å². The van der Waals surface area contributed by atoms with E-state index < -0.39 is 10.0 Å². The highest BCUT2D eigenvalue weighted by Crippen LogP contribution is 2.21. The number of sulfonamides is 1. The number of carbonyl (C=O) groups is 1. The fourth-order valence-corrected chi connectivity index (χ4v) is 3.21. The van der Waals surface area contributed by atoms with Crippen LogP contribution in [0.25, 0.3) is 0 Å². The van der Waals surface area contributed by atoms with Crippen molar-refractivity contribution in [3.8, 4) is 0 Å². The Kier molecular flexibility index (Phi) is 4.94. The number of primary sulfonamides is 1. The monoisotopic (exact) mass is 262 g/mol. The molecule has 1 heterocycles. The maximum atomic E-state index is 11.7. The third-order valence-corrected chi connectivity index (χ3v) is 4.33. The molecule has 0 radical (unpaired) electrons. The quantitative estimate of drug-likeness (QED) is 0.759. The SMILES string of the molecule is CCC(CC)CN1CC(CS(N)(=O)=O)CC1=O. The topological polar surface area (TPSA) is 80.5 Å². The molecule has 1 aliphatic heterocycles. The van der Waals surface area contributed by atoms with Gasteiger partial charge in [0.05, 0.1) is 5.75 Å². The van der Waals surface area contributed by atoms with Crippen molar-refractivity contribution in [2.75, 3.05) is 18.8 Å². The molecule has 1 atom stereocenters. The number of nitrogens with two attached hydrogens (primary N) is 1. The number of hydrogen-bond donors (Lipinski definition) is 1. The first-order valence-corrected chi connectivity index (χ1v) is 7.85. The van der Waals surface area contributed by atoms with Gasteiger partial charge in [0.2, 0.25) is 15.9 Å². The van der Waals surface area contributed by atoms with Gasteiger partial charge in [-0.15, -0.1) is 0 Å². The van der Waals surface area contributed by atoms with Gasteiger partial charge in [-0.3, -0.25) is 4.79 Å². The molecule has 2 N–H and O–H groups in total. The molecule has 0 aromatic heterocycles. The first kappa shape index (κ1) is 14.4. The number of amides is 1. The Labute approximate surface area is 103 Å². The maximum Gasteiger partial charge on any atom is 0.222 e. The Morgan fingerprint density at radius 3 is 2.47 bits per heavy atom. The predicted octanol–water partition coefficient (Wildman–Crippen LogP) is 0.560. The molecule has 6 heteroatoms. The number of hydrogen-bond acceptors (Lipinski definition) is 3. The first-order chi connectivity index (χ1) is 7.85. The van der Waals surface area contributed by atoms with Crippen LogP contribution in [0.15, 0.2) is 0 Å². The average Bonchev–Trinajstić information content (AvgIpc) is 2.52. The van der Waals surface area contributed by atoms with Gasteiger partial charge in [-0.2, -0.15) is 0 Å². The zero-order chi connectivity index (χ0) is 13.1. The highest BCUT2D eigenvalue weighted by Gasteiger charge is 2.32. The van der Waals surface area contributed by atoms with Crippen molar-refractivity contribution >= 4 is 15.9 Å². The second kappa shape index (κ2) is 5.82. The standard InChI is InChI=1S/C11H22N2O3S/c1-3-9(4-2)6-13-7-10(5-11(13)14)8-17(12,15)16/h9-10H,3-8H2,1-2H3,(H2,12,15,16). The molecule has 0 saturated carbocycles. The Balaban J connectivity index is 2.52. The molecule has 1 unspecified atom stereocenters. The molecule has 0 aromatic carbocycles. The lowest BCUT2D eigenvalue weighted by Gasteiger charge is -2.22. The molecule has 5 nitrogen and oxygen atoms in total. The number of carbonyl (C=O) groups excluding carboxylic acids is 1. The lowest BCUT2D eigenvalue weighted by atomic mass is 10.0. The molecule has 0 bridgehead atoms. The summed E-state index contributed by atoms with van der Waals surface area (Å²) in [5, 5.41) is 5.00. The highest BCUT2D eigenvalue weighted by molar-refractivity contribution is 7.89. The Morgan fingerprint density at radius 2 is 2.00 bits per heavy atom. The van der Waals surface area contributed by atoms with Crippen molar-refractivity contribution in [1.29, 1.82) is 0 Å². The third-order valence-electron chi connectivity index (χ3n) is 3.40. The van der Waals surface area contributed by atoms with Crippen LogP contribution in [0.4, 0.5) is 0 Å². The summed E-state index contributed by atoms with van der Waals surface area (Å²) < 4.78 is 22.0. The van der Waals surface area contributed by atoms with E-state index >= 15 is 0 Å². The van der Waals surface area contributed by atoms with Gasteiger partial charge in [0.15, 0.2) is 0 Å². The fraction of sp³-hybridized carbons (Fsp3) is 0.909. The smallest absolute Gasteiger partial charge is 0.222 e. The molecule has 0 aliphatic carbocycles. The van der Waals surface area contributed by atoms with Gasteiger partial charge in [0, 0.05) is 25.4 Å². The van der Waals surface area contributed by atoms with Crippen LogP contribution in [0.5, 0.6) is 0 Å². The van der Waals surface area contributed by atoms with Gasteiger partial charge in [-0.05, 0) is 5.92 Å². The lowest BCUT2D eigenvalue weighted by Crippen LogP contribution is -2.31. The minimum Gasteiger partial charge on any atom is -0.342 e. The van der Waals surface area contributed by atoms with Crippen LogP contribution >= 0.6 is 0 Å². The maximum absolute atomic E-state index is 11.7. The van der Waals surface area contributed by atoms with Crippen molar-refractivity contribution in [3.05, 3.63) is 0 Å². The van der Waals surface area contributed by atoms with Crippen LogP contribution in [-0.4, -0.2) is 38.1 Å². The van der Waals surface area contributed by atoms with E-state index in [4.69, 9.17) is 5.14 Å². The zero-order valence-electron chi connectivity index (χ0n) is 10.6. The summed E-state index contributed by atoms with van der Waals surface area (Å²) in [6.07, 6.45) is 2.40. The van der Waals surface area contributed by atoms with E-state index in [9.17, 15) is 13.2 Å². The van der Waals surface area contributed by atoms with E-state index in [1.807, 2.05) is 0 Å². The first-order valence-electron chi connectivity index (χ1n) is 6.14. The minimum absolute atomic E-state index is 0.0607. The Hall–Kier alpha value is -0.620. The highest BCUT2D eigenvalue weighted by atomic mass is 32.2. The zero-order valence-corrected chi connectivity index (χ0v) is 11.4. The van der Waals surface area contributed by atoms with Crippen molar-refractivity contribution < 1.29 is 13.2 Å². The van der Waals surface area contributed by atoms with Crippen molar-refractivity contribution in [2.45, 2.75) is 33.1 Å². The Morgan fingerprint density at radius 1 is 1.41 bits per heavy atom. The van der Waals surface area contributed by atoms with Gasteiger partial charge in [-0.1, -0.05) is 26.7 Å². The minimum atomic E-state index is -3.47. The van der Waals surface area contributed by atoms with Gasteiger partial charge in [0.25, 0.3) is 0 Å². The summed E-state index contributed by atoms with van der Waals surface area (Å²) in [6, 6.07) is 0. The molecule has 0 spiro atoms. The molecular weight excluding hydrogens is 240 g/mol. The summed E-state index contributed by atoms with van der Waals surface area (Å²) in [4.78, 5) is 13.5. The summed E-state index contributed by atoms with van der Waals surface area (Å²) in [5.41, 5.74) is 0. The van der Waals surface area contributed by atoms with Gasteiger partial charge < -0.3 is 4.90 Å². The van der Waals surface area contributed by atoms with E-state index in [0.29, 0.717) is 18.9 Å². The van der Waals surface area contributed by atoms with Crippen molar-refractivity contribution in [1.82, 2.24) is 4.90 Å². The molecule has 17 heavy (non-hydrogen) atoms. The molecule has 1 aliphatic rings. The normalized spacial score (nSPS) is 21.5.